The van der Waals surface area contributed by atoms with Gasteiger partial charge in [0.05, 0.1) is 17.6 Å². The van der Waals surface area contributed by atoms with Gasteiger partial charge in [0.25, 0.3) is 0 Å². The Labute approximate surface area is 93.3 Å². The number of rotatable bonds is 4. The van der Waals surface area contributed by atoms with Gasteiger partial charge in [-0.25, -0.2) is 4.79 Å². The van der Waals surface area contributed by atoms with Gasteiger partial charge in [-0.15, -0.1) is 11.3 Å². The minimum atomic E-state index is -0.266. The third-order valence-corrected chi connectivity index (χ3v) is 2.94. The average Bonchev–Trinajstić information content (AvgIpc) is 2.60. The van der Waals surface area contributed by atoms with Gasteiger partial charge in [-0.05, 0) is 25.5 Å². The highest BCUT2D eigenvalue weighted by atomic mass is 32.1. The lowest BCUT2D eigenvalue weighted by atomic mass is 10.2. The van der Waals surface area contributed by atoms with Crippen LogP contribution in [-0.2, 0) is 0 Å². The summed E-state index contributed by atoms with van der Waals surface area (Å²) in [5.74, 6) is 0. The molecule has 0 fully saturated rings. The van der Waals surface area contributed by atoms with E-state index in [2.05, 4.69) is 10.6 Å². The van der Waals surface area contributed by atoms with Crippen molar-refractivity contribution < 1.29 is 9.90 Å². The molecule has 2 amide bonds. The number of carbonyl (C=O) groups is 1. The molecule has 1 aromatic rings. The molecule has 0 saturated heterocycles. The molecule has 0 aromatic carbocycles. The Hall–Kier alpha value is -1.07. The Morgan fingerprint density at radius 2 is 2.33 bits per heavy atom. The molecule has 0 aliphatic heterocycles. The lowest BCUT2D eigenvalue weighted by molar-refractivity contribution is 0.222. The van der Waals surface area contributed by atoms with Crippen LogP contribution in [0, 0.1) is 6.92 Å². The summed E-state index contributed by atoms with van der Waals surface area (Å²) < 4.78 is 0. The van der Waals surface area contributed by atoms with Crippen LogP contribution in [0.2, 0.25) is 0 Å². The fraction of sp³-hybridized carbons (Fsp3) is 0.500. The topological polar surface area (TPSA) is 61.4 Å². The first-order valence-electron chi connectivity index (χ1n) is 4.90. The molecule has 15 heavy (non-hydrogen) atoms. The molecule has 1 heterocycles. The first kappa shape index (κ1) is 12.0. The fourth-order valence-electron chi connectivity index (χ4n) is 1.11. The van der Waals surface area contributed by atoms with E-state index in [1.165, 1.54) is 11.3 Å². The number of amides is 2. The number of anilines is 1. The van der Waals surface area contributed by atoms with E-state index in [1.54, 1.807) is 0 Å². The van der Waals surface area contributed by atoms with Gasteiger partial charge in [0.1, 0.15) is 0 Å². The van der Waals surface area contributed by atoms with Crippen LogP contribution in [0.3, 0.4) is 0 Å². The van der Waals surface area contributed by atoms with Crippen LogP contribution >= 0.6 is 11.3 Å². The van der Waals surface area contributed by atoms with Crippen LogP contribution in [0.25, 0.3) is 0 Å². The molecule has 84 valence electrons. The number of aliphatic hydroxyl groups excluding tert-OH is 1. The Kier molecular flexibility index (Phi) is 4.58. The summed E-state index contributed by atoms with van der Waals surface area (Å²) >= 11 is 1.52. The SMILES string of the molecule is CCC(CO)NC(=O)Nc1ccc(C)s1. The Morgan fingerprint density at radius 3 is 2.80 bits per heavy atom. The van der Waals surface area contributed by atoms with Crippen molar-refractivity contribution in [3.63, 3.8) is 0 Å². The van der Waals surface area contributed by atoms with Crippen molar-refractivity contribution in [3.8, 4) is 0 Å². The normalized spacial score (nSPS) is 12.2. The third-order valence-electron chi connectivity index (χ3n) is 2.03. The second-order valence-electron chi connectivity index (χ2n) is 3.30. The Bertz CT molecular complexity index is 321. The maximum absolute atomic E-state index is 11.4. The van der Waals surface area contributed by atoms with E-state index in [4.69, 9.17) is 5.11 Å². The molecule has 5 heteroatoms. The highest BCUT2D eigenvalue weighted by Crippen LogP contribution is 2.20. The van der Waals surface area contributed by atoms with Crippen LogP contribution in [0.5, 0.6) is 0 Å². The summed E-state index contributed by atoms with van der Waals surface area (Å²) in [4.78, 5) is 12.6. The molecule has 1 unspecified atom stereocenters. The van der Waals surface area contributed by atoms with Crippen molar-refractivity contribution in [2.45, 2.75) is 26.3 Å². The molecule has 0 aliphatic rings. The monoisotopic (exact) mass is 228 g/mol. The molecular formula is C10H16N2O2S. The highest BCUT2D eigenvalue weighted by Gasteiger charge is 2.09. The summed E-state index contributed by atoms with van der Waals surface area (Å²) in [6.07, 6.45) is 0.716. The molecule has 0 spiro atoms. The second kappa shape index (κ2) is 5.72. The first-order chi connectivity index (χ1) is 7.15. The van der Waals surface area contributed by atoms with Crippen LogP contribution in [-0.4, -0.2) is 23.8 Å². The summed E-state index contributed by atoms with van der Waals surface area (Å²) in [6, 6.07) is 3.37. The van der Waals surface area contributed by atoms with E-state index >= 15 is 0 Å². The summed E-state index contributed by atoms with van der Waals surface area (Å²) in [6.45, 7) is 3.86. The fourth-order valence-corrected chi connectivity index (χ4v) is 1.87. The number of aliphatic hydroxyl groups is 1. The average molecular weight is 228 g/mol. The zero-order chi connectivity index (χ0) is 11.3. The van der Waals surface area contributed by atoms with E-state index in [0.717, 1.165) is 9.88 Å². The van der Waals surface area contributed by atoms with Crippen molar-refractivity contribution >= 4 is 22.4 Å². The molecule has 0 saturated carbocycles. The van der Waals surface area contributed by atoms with Gasteiger partial charge in [0.2, 0.25) is 0 Å². The summed E-state index contributed by atoms with van der Waals surface area (Å²) in [5.41, 5.74) is 0. The minimum Gasteiger partial charge on any atom is -0.394 e. The van der Waals surface area contributed by atoms with Crippen LogP contribution in [0.4, 0.5) is 9.80 Å². The van der Waals surface area contributed by atoms with Gasteiger partial charge < -0.3 is 10.4 Å². The van der Waals surface area contributed by atoms with Crippen molar-refractivity contribution in [1.29, 1.82) is 0 Å². The Balaban J connectivity index is 2.42. The third kappa shape index (κ3) is 3.89. The number of hydrogen-bond donors (Lipinski definition) is 3. The quantitative estimate of drug-likeness (QED) is 0.737. The lowest BCUT2D eigenvalue weighted by Crippen LogP contribution is -2.39. The molecule has 0 radical (unpaired) electrons. The molecule has 1 rings (SSSR count). The Morgan fingerprint density at radius 1 is 1.60 bits per heavy atom. The molecule has 1 aromatic heterocycles. The maximum atomic E-state index is 11.4. The number of urea groups is 1. The first-order valence-corrected chi connectivity index (χ1v) is 5.72. The van der Waals surface area contributed by atoms with Crippen molar-refractivity contribution in [2.75, 3.05) is 11.9 Å². The molecular weight excluding hydrogens is 212 g/mol. The van der Waals surface area contributed by atoms with Crippen LogP contribution in [0.15, 0.2) is 12.1 Å². The maximum Gasteiger partial charge on any atom is 0.320 e. The van der Waals surface area contributed by atoms with Gasteiger partial charge in [-0.1, -0.05) is 6.92 Å². The standard InChI is InChI=1S/C10H16N2O2S/c1-3-8(6-13)11-10(14)12-9-5-4-7(2)15-9/h4-5,8,13H,3,6H2,1-2H3,(H2,11,12,14). The predicted octanol–water partition coefficient (Wildman–Crippen LogP) is 1.95. The second-order valence-corrected chi connectivity index (χ2v) is 4.58. The smallest absolute Gasteiger partial charge is 0.320 e. The van der Waals surface area contributed by atoms with Crippen molar-refractivity contribution in [1.82, 2.24) is 5.32 Å². The van der Waals surface area contributed by atoms with Gasteiger partial charge in [-0.2, -0.15) is 0 Å². The largest absolute Gasteiger partial charge is 0.394 e. The zero-order valence-corrected chi connectivity index (χ0v) is 9.73. The lowest BCUT2D eigenvalue weighted by Gasteiger charge is -2.13. The summed E-state index contributed by atoms with van der Waals surface area (Å²) in [5, 5.41) is 15.1. The highest BCUT2D eigenvalue weighted by molar-refractivity contribution is 7.16. The van der Waals surface area contributed by atoms with Gasteiger partial charge in [0.15, 0.2) is 0 Å². The van der Waals surface area contributed by atoms with Crippen molar-refractivity contribution in [2.24, 2.45) is 0 Å². The minimum absolute atomic E-state index is 0.0343. The predicted molar refractivity (Wildman–Crippen MR) is 62.4 cm³/mol. The summed E-state index contributed by atoms with van der Waals surface area (Å²) in [7, 11) is 0. The number of thiophene rings is 1. The van der Waals surface area contributed by atoms with Gasteiger partial charge in [-0.3, -0.25) is 5.32 Å². The number of carbonyl (C=O) groups excluding carboxylic acids is 1. The van der Waals surface area contributed by atoms with E-state index in [-0.39, 0.29) is 18.7 Å². The van der Waals surface area contributed by atoms with Crippen molar-refractivity contribution in [3.05, 3.63) is 17.0 Å². The van der Waals surface area contributed by atoms with Crippen LogP contribution < -0.4 is 10.6 Å². The zero-order valence-electron chi connectivity index (χ0n) is 8.91. The van der Waals surface area contributed by atoms with E-state index in [0.29, 0.717) is 6.42 Å². The number of aryl methyl sites for hydroxylation is 1. The molecule has 0 aliphatic carbocycles. The van der Waals surface area contributed by atoms with Crippen LogP contribution in [0.1, 0.15) is 18.2 Å². The van der Waals surface area contributed by atoms with Gasteiger partial charge >= 0.3 is 6.03 Å². The van der Waals surface area contributed by atoms with E-state index in [9.17, 15) is 4.79 Å². The van der Waals surface area contributed by atoms with E-state index < -0.39 is 0 Å². The van der Waals surface area contributed by atoms with E-state index in [1.807, 2.05) is 26.0 Å². The molecule has 4 nitrogen and oxygen atoms in total. The molecule has 0 bridgehead atoms. The number of hydrogen-bond acceptors (Lipinski definition) is 3. The number of nitrogens with one attached hydrogen (secondary N) is 2. The molecule has 1 atom stereocenters. The molecule has 3 N–H and O–H groups in total. The van der Waals surface area contributed by atoms with Gasteiger partial charge in [0, 0.05) is 4.88 Å².